The van der Waals surface area contributed by atoms with Crippen LogP contribution in [-0.4, -0.2) is 51.1 Å². The summed E-state index contributed by atoms with van der Waals surface area (Å²) in [6.07, 6.45) is 9.61. The Kier molecular flexibility index (Phi) is 3.87. The minimum atomic E-state index is -0.192. The van der Waals surface area contributed by atoms with Crippen LogP contribution in [0.4, 0.5) is 0 Å². The second-order valence-corrected chi connectivity index (χ2v) is 6.51. The van der Waals surface area contributed by atoms with Crippen molar-refractivity contribution >= 4 is 0 Å². The number of imidazole rings is 1. The van der Waals surface area contributed by atoms with E-state index in [2.05, 4.69) is 19.9 Å². The highest BCUT2D eigenvalue weighted by Gasteiger charge is 2.42. The van der Waals surface area contributed by atoms with E-state index in [9.17, 15) is 0 Å². The number of fused-ring (bicyclic) bond motifs is 2. The molecule has 0 saturated carbocycles. The molecule has 0 radical (unpaired) electrons. The molecule has 0 unspecified atom stereocenters. The lowest BCUT2D eigenvalue weighted by Gasteiger charge is -2.44. The van der Waals surface area contributed by atoms with Crippen LogP contribution in [0.25, 0.3) is 0 Å². The van der Waals surface area contributed by atoms with Gasteiger partial charge in [-0.3, -0.25) is 0 Å². The quantitative estimate of drug-likeness (QED) is 0.932. The highest BCUT2D eigenvalue weighted by molar-refractivity contribution is 5.27. The zero-order valence-electron chi connectivity index (χ0n) is 13.6. The summed E-state index contributed by atoms with van der Waals surface area (Å²) < 4.78 is 6.25. The highest BCUT2D eigenvalue weighted by Crippen LogP contribution is 2.40. The first-order valence-electron chi connectivity index (χ1n) is 8.43. The van der Waals surface area contributed by atoms with Crippen molar-refractivity contribution in [3.05, 3.63) is 41.5 Å². The van der Waals surface area contributed by atoms with Crippen molar-refractivity contribution in [2.75, 3.05) is 26.2 Å². The van der Waals surface area contributed by atoms with Gasteiger partial charge in [0.25, 0.3) is 0 Å². The van der Waals surface area contributed by atoms with E-state index in [1.165, 1.54) is 5.56 Å². The molecule has 2 aromatic heterocycles. The van der Waals surface area contributed by atoms with Crippen molar-refractivity contribution < 1.29 is 4.74 Å². The van der Waals surface area contributed by atoms with E-state index in [0.717, 1.165) is 69.3 Å². The average molecular weight is 313 g/mol. The number of piperidine rings is 1. The molecular formula is C17H23N5O. The standard InChI is InChI=1S/C17H23N5O/c1-13-20-12-14-3-11-23-17(16(14)21-13)4-9-22(10-5-17)8-2-15-18-6-7-19-15/h6-7,12H,2-5,8-11H2,1H3,(H,18,19). The van der Waals surface area contributed by atoms with Gasteiger partial charge in [0.05, 0.1) is 12.3 Å². The molecule has 1 fully saturated rings. The van der Waals surface area contributed by atoms with Gasteiger partial charge in [0.2, 0.25) is 0 Å². The van der Waals surface area contributed by atoms with E-state index >= 15 is 0 Å². The Balaban J connectivity index is 1.44. The van der Waals surface area contributed by atoms with Crippen LogP contribution in [0.3, 0.4) is 0 Å². The summed E-state index contributed by atoms with van der Waals surface area (Å²) in [5.41, 5.74) is 2.22. The molecule has 1 spiro atoms. The largest absolute Gasteiger partial charge is 0.368 e. The number of nitrogens with one attached hydrogen (secondary N) is 1. The van der Waals surface area contributed by atoms with Gasteiger partial charge in [-0.1, -0.05) is 0 Å². The number of likely N-dealkylation sites (tertiary alicyclic amines) is 1. The van der Waals surface area contributed by atoms with Crippen LogP contribution >= 0.6 is 0 Å². The molecule has 6 nitrogen and oxygen atoms in total. The van der Waals surface area contributed by atoms with Gasteiger partial charge in [-0.05, 0) is 31.7 Å². The summed E-state index contributed by atoms with van der Waals surface area (Å²) in [6.45, 7) is 5.87. The summed E-state index contributed by atoms with van der Waals surface area (Å²) in [6, 6.07) is 0. The predicted octanol–water partition coefficient (Wildman–Crippen LogP) is 1.61. The zero-order valence-corrected chi connectivity index (χ0v) is 13.6. The van der Waals surface area contributed by atoms with Crippen molar-refractivity contribution in [1.82, 2.24) is 24.8 Å². The molecule has 23 heavy (non-hydrogen) atoms. The third kappa shape index (κ3) is 2.88. The Hall–Kier alpha value is -1.79. The maximum atomic E-state index is 6.25. The van der Waals surface area contributed by atoms with Gasteiger partial charge < -0.3 is 14.6 Å². The van der Waals surface area contributed by atoms with Crippen molar-refractivity contribution in [2.45, 2.75) is 38.2 Å². The topological polar surface area (TPSA) is 66.9 Å². The average Bonchev–Trinajstić information content (AvgIpc) is 3.09. The SMILES string of the molecule is Cc1ncc2c(n1)C1(CCN(CCc3ncc[nH]3)CC1)OCC2. The molecule has 0 aliphatic carbocycles. The van der Waals surface area contributed by atoms with Crippen LogP contribution in [0, 0.1) is 6.92 Å². The van der Waals surface area contributed by atoms with E-state index in [1.807, 2.05) is 25.5 Å². The van der Waals surface area contributed by atoms with Crippen molar-refractivity contribution in [3.63, 3.8) is 0 Å². The molecule has 2 aliphatic heterocycles. The summed E-state index contributed by atoms with van der Waals surface area (Å²) in [5.74, 6) is 1.90. The molecular weight excluding hydrogens is 290 g/mol. The minimum absolute atomic E-state index is 0.192. The summed E-state index contributed by atoms with van der Waals surface area (Å²) in [7, 11) is 0. The Bertz CT molecular complexity index is 662. The third-order valence-corrected chi connectivity index (χ3v) is 5.05. The van der Waals surface area contributed by atoms with Gasteiger partial charge in [-0.2, -0.15) is 0 Å². The van der Waals surface area contributed by atoms with Gasteiger partial charge in [0.1, 0.15) is 17.2 Å². The van der Waals surface area contributed by atoms with Gasteiger partial charge in [-0.25, -0.2) is 15.0 Å². The lowest BCUT2D eigenvalue weighted by Crippen LogP contribution is -2.47. The first-order valence-corrected chi connectivity index (χ1v) is 8.43. The Morgan fingerprint density at radius 1 is 1.30 bits per heavy atom. The van der Waals surface area contributed by atoms with E-state index in [1.54, 1.807) is 0 Å². The van der Waals surface area contributed by atoms with Gasteiger partial charge in [0, 0.05) is 44.6 Å². The second kappa shape index (κ2) is 6.02. The molecule has 6 heteroatoms. The first-order chi connectivity index (χ1) is 11.3. The first kappa shape index (κ1) is 14.8. The van der Waals surface area contributed by atoms with Crippen LogP contribution in [0.5, 0.6) is 0 Å². The van der Waals surface area contributed by atoms with E-state index in [4.69, 9.17) is 9.72 Å². The molecule has 0 bridgehead atoms. The van der Waals surface area contributed by atoms with Crippen LogP contribution in [0.15, 0.2) is 18.6 Å². The highest BCUT2D eigenvalue weighted by atomic mass is 16.5. The maximum Gasteiger partial charge on any atom is 0.125 e. The number of aromatic nitrogens is 4. The van der Waals surface area contributed by atoms with E-state index < -0.39 is 0 Å². The number of aryl methyl sites for hydroxylation is 1. The number of hydrogen-bond acceptors (Lipinski definition) is 5. The number of aromatic amines is 1. The van der Waals surface area contributed by atoms with Crippen molar-refractivity contribution in [3.8, 4) is 0 Å². The smallest absolute Gasteiger partial charge is 0.125 e. The summed E-state index contributed by atoms with van der Waals surface area (Å²) in [4.78, 5) is 19.1. The van der Waals surface area contributed by atoms with E-state index in [-0.39, 0.29) is 5.60 Å². The molecule has 2 aromatic rings. The lowest BCUT2D eigenvalue weighted by molar-refractivity contribution is -0.101. The number of H-pyrrole nitrogens is 1. The number of rotatable bonds is 3. The van der Waals surface area contributed by atoms with Crippen molar-refractivity contribution in [1.29, 1.82) is 0 Å². The third-order valence-electron chi connectivity index (χ3n) is 5.05. The van der Waals surface area contributed by atoms with Crippen LogP contribution < -0.4 is 0 Å². The van der Waals surface area contributed by atoms with Gasteiger partial charge in [0.15, 0.2) is 0 Å². The predicted molar refractivity (Wildman–Crippen MR) is 86.1 cm³/mol. The fourth-order valence-corrected chi connectivity index (χ4v) is 3.71. The zero-order chi connectivity index (χ0) is 15.7. The second-order valence-electron chi connectivity index (χ2n) is 6.51. The molecule has 1 N–H and O–H groups in total. The Morgan fingerprint density at radius 2 is 2.17 bits per heavy atom. The molecule has 1 saturated heterocycles. The maximum absolute atomic E-state index is 6.25. The van der Waals surface area contributed by atoms with E-state index in [0.29, 0.717) is 0 Å². The number of ether oxygens (including phenoxy) is 1. The number of hydrogen-bond donors (Lipinski definition) is 1. The molecule has 4 heterocycles. The molecule has 0 amide bonds. The number of nitrogens with zero attached hydrogens (tertiary/aromatic N) is 4. The lowest BCUT2D eigenvalue weighted by atomic mass is 9.83. The Morgan fingerprint density at radius 3 is 2.96 bits per heavy atom. The van der Waals surface area contributed by atoms with Gasteiger partial charge >= 0.3 is 0 Å². The Labute approximate surface area is 136 Å². The molecule has 4 rings (SSSR count). The molecule has 0 atom stereocenters. The normalized spacial score (nSPS) is 20.6. The fraction of sp³-hybridized carbons (Fsp3) is 0.588. The fourth-order valence-electron chi connectivity index (χ4n) is 3.71. The molecule has 2 aliphatic rings. The summed E-state index contributed by atoms with van der Waals surface area (Å²) in [5, 5.41) is 0. The van der Waals surface area contributed by atoms with Crippen LogP contribution in [0.2, 0.25) is 0 Å². The molecule has 0 aromatic carbocycles. The monoisotopic (exact) mass is 313 g/mol. The van der Waals surface area contributed by atoms with Gasteiger partial charge in [-0.15, -0.1) is 0 Å². The minimum Gasteiger partial charge on any atom is -0.368 e. The molecule has 122 valence electrons. The van der Waals surface area contributed by atoms with Crippen LogP contribution in [0.1, 0.15) is 35.7 Å². The summed E-state index contributed by atoms with van der Waals surface area (Å²) >= 11 is 0. The van der Waals surface area contributed by atoms with Crippen LogP contribution in [-0.2, 0) is 23.2 Å². The van der Waals surface area contributed by atoms with Crippen molar-refractivity contribution in [2.24, 2.45) is 0 Å².